The van der Waals surface area contributed by atoms with Gasteiger partial charge in [-0.15, -0.1) is 0 Å². The Morgan fingerprint density at radius 3 is 2.83 bits per heavy atom. The number of aldehydes is 1. The molecule has 2 aromatic carbocycles. The summed E-state index contributed by atoms with van der Waals surface area (Å²) in [6, 6.07) is 11.6. The predicted octanol–water partition coefficient (Wildman–Crippen LogP) is 3.53. The van der Waals surface area contributed by atoms with Crippen LogP contribution >= 0.6 is 0 Å². The van der Waals surface area contributed by atoms with Gasteiger partial charge in [0.05, 0.1) is 12.1 Å². The molecule has 3 rings (SSSR count). The van der Waals surface area contributed by atoms with Gasteiger partial charge in [0.2, 0.25) is 0 Å². The number of carbonyl (C=O) groups is 1. The molecule has 0 saturated heterocycles. The zero-order valence-corrected chi connectivity index (χ0v) is 10.1. The molecule has 0 atom stereocenters. The summed E-state index contributed by atoms with van der Waals surface area (Å²) in [7, 11) is 0. The van der Waals surface area contributed by atoms with Crippen LogP contribution < -0.4 is 4.74 Å². The van der Waals surface area contributed by atoms with Gasteiger partial charge in [-0.25, -0.2) is 0 Å². The van der Waals surface area contributed by atoms with E-state index in [2.05, 4.69) is 4.98 Å². The summed E-state index contributed by atoms with van der Waals surface area (Å²) in [5.74, 6) is 0.786. The molecule has 1 aromatic heterocycles. The quantitative estimate of drug-likeness (QED) is 0.710. The largest absolute Gasteiger partial charge is 0.492 e. The Hall–Kier alpha value is -2.29. The SMILES string of the molecule is CCOc1ccc(C=O)c2c1[nH]c1ccccc12. The molecule has 90 valence electrons. The Balaban J connectivity index is 2.46. The van der Waals surface area contributed by atoms with Gasteiger partial charge in [0.15, 0.2) is 6.29 Å². The van der Waals surface area contributed by atoms with E-state index in [1.165, 1.54) is 0 Å². The summed E-state index contributed by atoms with van der Waals surface area (Å²) in [5.41, 5.74) is 2.59. The van der Waals surface area contributed by atoms with Gasteiger partial charge in [-0.05, 0) is 25.1 Å². The summed E-state index contributed by atoms with van der Waals surface area (Å²) in [4.78, 5) is 14.5. The number of fused-ring (bicyclic) bond motifs is 3. The van der Waals surface area contributed by atoms with Crippen molar-refractivity contribution < 1.29 is 9.53 Å². The number of ether oxygens (including phenoxy) is 1. The van der Waals surface area contributed by atoms with Crippen molar-refractivity contribution in [3.05, 3.63) is 42.0 Å². The van der Waals surface area contributed by atoms with Crippen LogP contribution in [0, 0.1) is 0 Å². The van der Waals surface area contributed by atoms with Crippen LogP contribution in [0.3, 0.4) is 0 Å². The number of carbonyl (C=O) groups excluding carboxylic acids is 1. The van der Waals surface area contributed by atoms with Gasteiger partial charge in [-0.3, -0.25) is 4.79 Å². The molecule has 1 N–H and O–H groups in total. The summed E-state index contributed by atoms with van der Waals surface area (Å²) in [6.07, 6.45) is 0.887. The summed E-state index contributed by atoms with van der Waals surface area (Å²) >= 11 is 0. The first-order valence-corrected chi connectivity index (χ1v) is 5.96. The highest BCUT2D eigenvalue weighted by Gasteiger charge is 2.12. The van der Waals surface area contributed by atoms with Crippen molar-refractivity contribution in [1.29, 1.82) is 0 Å². The lowest BCUT2D eigenvalue weighted by Crippen LogP contribution is -1.93. The molecule has 0 saturated carbocycles. The van der Waals surface area contributed by atoms with Crippen molar-refractivity contribution in [1.82, 2.24) is 4.98 Å². The fraction of sp³-hybridized carbons (Fsp3) is 0.133. The molecule has 18 heavy (non-hydrogen) atoms. The van der Waals surface area contributed by atoms with E-state index in [9.17, 15) is 4.79 Å². The molecule has 3 aromatic rings. The van der Waals surface area contributed by atoms with Crippen molar-refractivity contribution in [2.75, 3.05) is 6.61 Å². The van der Waals surface area contributed by atoms with E-state index in [1.807, 2.05) is 37.3 Å². The lowest BCUT2D eigenvalue weighted by atomic mass is 10.1. The second kappa shape index (κ2) is 4.18. The fourth-order valence-corrected chi connectivity index (χ4v) is 2.33. The minimum absolute atomic E-state index is 0.602. The van der Waals surface area contributed by atoms with Gasteiger partial charge in [0.25, 0.3) is 0 Å². The molecule has 0 amide bonds. The van der Waals surface area contributed by atoms with E-state index < -0.39 is 0 Å². The number of rotatable bonds is 3. The Kier molecular flexibility index (Phi) is 2.52. The third kappa shape index (κ3) is 1.48. The summed E-state index contributed by atoms with van der Waals surface area (Å²) in [6.45, 7) is 2.55. The van der Waals surface area contributed by atoms with Crippen molar-refractivity contribution >= 4 is 28.1 Å². The van der Waals surface area contributed by atoms with Crippen molar-refractivity contribution in [3.63, 3.8) is 0 Å². The Morgan fingerprint density at radius 1 is 1.22 bits per heavy atom. The first-order valence-electron chi connectivity index (χ1n) is 5.96. The van der Waals surface area contributed by atoms with Crippen LogP contribution in [-0.4, -0.2) is 17.9 Å². The highest BCUT2D eigenvalue weighted by Crippen LogP contribution is 2.33. The van der Waals surface area contributed by atoms with E-state index in [0.717, 1.165) is 33.8 Å². The molecule has 1 heterocycles. The topological polar surface area (TPSA) is 42.1 Å². The first kappa shape index (κ1) is 10.8. The second-order valence-electron chi connectivity index (χ2n) is 4.12. The lowest BCUT2D eigenvalue weighted by molar-refractivity contribution is 0.112. The maximum atomic E-state index is 11.2. The molecule has 0 aliphatic rings. The molecule has 0 spiro atoms. The molecule has 0 aliphatic heterocycles. The monoisotopic (exact) mass is 239 g/mol. The number of para-hydroxylation sites is 1. The Bertz CT molecular complexity index is 728. The van der Waals surface area contributed by atoms with Gasteiger partial charge < -0.3 is 9.72 Å². The van der Waals surface area contributed by atoms with E-state index in [1.54, 1.807) is 6.07 Å². The molecule has 0 aliphatic carbocycles. The van der Waals surface area contributed by atoms with Gasteiger partial charge in [-0.1, -0.05) is 18.2 Å². The number of nitrogens with one attached hydrogen (secondary N) is 1. The van der Waals surface area contributed by atoms with Gasteiger partial charge in [0.1, 0.15) is 5.75 Å². The number of benzene rings is 2. The molecule has 0 radical (unpaired) electrons. The minimum atomic E-state index is 0.602. The maximum absolute atomic E-state index is 11.2. The van der Waals surface area contributed by atoms with Gasteiger partial charge in [0, 0.05) is 21.9 Å². The van der Waals surface area contributed by atoms with Crippen LogP contribution in [0.5, 0.6) is 5.75 Å². The van der Waals surface area contributed by atoms with Crippen molar-refractivity contribution in [3.8, 4) is 5.75 Å². The highest BCUT2D eigenvalue weighted by atomic mass is 16.5. The van der Waals surface area contributed by atoms with E-state index >= 15 is 0 Å². The normalized spacial score (nSPS) is 10.9. The molecular weight excluding hydrogens is 226 g/mol. The number of aromatic amines is 1. The standard InChI is InChI=1S/C15H13NO2/c1-2-18-13-8-7-10(9-17)14-11-5-3-4-6-12(11)16-15(13)14/h3-9,16H,2H2,1H3. The number of aromatic nitrogens is 1. The molecular formula is C15H13NO2. The Morgan fingerprint density at radius 2 is 2.06 bits per heavy atom. The average Bonchev–Trinajstić information content (AvgIpc) is 2.79. The van der Waals surface area contributed by atoms with E-state index in [0.29, 0.717) is 12.2 Å². The number of hydrogen-bond donors (Lipinski definition) is 1. The number of H-pyrrole nitrogens is 1. The minimum Gasteiger partial charge on any atom is -0.492 e. The van der Waals surface area contributed by atoms with Crippen LogP contribution in [0.15, 0.2) is 36.4 Å². The highest BCUT2D eigenvalue weighted by molar-refractivity contribution is 6.15. The van der Waals surface area contributed by atoms with Crippen molar-refractivity contribution in [2.24, 2.45) is 0 Å². The Labute approximate surface area is 104 Å². The van der Waals surface area contributed by atoms with Crippen LogP contribution in [-0.2, 0) is 0 Å². The zero-order valence-electron chi connectivity index (χ0n) is 10.1. The van der Waals surface area contributed by atoms with Crippen LogP contribution in [0.2, 0.25) is 0 Å². The third-order valence-electron chi connectivity index (χ3n) is 3.08. The molecule has 0 fully saturated rings. The second-order valence-corrected chi connectivity index (χ2v) is 4.12. The summed E-state index contributed by atoms with van der Waals surface area (Å²) in [5, 5.41) is 1.99. The van der Waals surface area contributed by atoms with E-state index in [4.69, 9.17) is 4.74 Å². The zero-order chi connectivity index (χ0) is 12.5. The third-order valence-corrected chi connectivity index (χ3v) is 3.08. The van der Waals surface area contributed by atoms with E-state index in [-0.39, 0.29) is 0 Å². The summed E-state index contributed by atoms with van der Waals surface area (Å²) < 4.78 is 5.60. The maximum Gasteiger partial charge on any atom is 0.150 e. The molecule has 0 bridgehead atoms. The number of hydrogen-bond acceptors (Lipinski definition) is 2. The predicted molar refractivity (Wildman–Crippen MR) is 72.4 cm³/mol. The first-order chi connectivity index (χ1) is 8.85. The molecule has 3 nitrogen and oxygen atoms in total. The molecule has 0 unspecified atom stereocenters. The van der Waals surface area contributed by atoms with Crippen LogP contribution in [0.1, 0.15) is 17.3 Å². The fourth-order valence-electron chi connectivity index (χ4n) is 2.33. The van der Waals surface area contributed by atoms with Crippen LogP contribution in [0.25, 0.3) is 21.8 Å². The lowest BCUT2D eigenvalue weighted by Gasteiger charge is -2.05. The van der Waals surface area contributed by atoms with Crippen LogP contribution in [0.4, 0.5) is 0 Å². The van der Waals surface area contributed by atoms with Gasteiger partial charge >= 0.3 is 0 Å². The van der Waals surface area contributed by atoms with Gasteiger partial charge in [-0.2, -0.15) is 0 Å². The molecule has 3 heteroatoms. The average molecular weight is 239 g/mol. The smallest absolute Gasteiger partial charge is 0.150 e. The van der Waals surface area contributed by atoms with Crippen molar-refractivity contribution in [2.45, 2.75) is 6.92 Å².